The van der Waals surface area contributed by atoms with E-state index >= 15 is 0 Å². The van der Waals surface area contributed by atoms with Crippen LogP contribution in [0, 0.1) is 0 Å². The first-order valence-corrected chi connectivity index (χ1v) is 7.93. The van der Waals surface area contributed by atoms with Crippen molar-refractivity contribution in [1.82, 2.24) is 14.8 Å². The van der Waals surface area contributed by atoms with Crippen LogP contribution in [0.15, 0.2) is 36.5 Å². The lowest BCUT2D eigenvalue weighted by Gasteiger charge is -2.23. The van der Waals surface area contributed by atoms with Gasteiger partial charge in [0.15, 0.2) is 0 Å². The van der Waals surface area contributed by atoms with E-state index in [0.29, 0.717) is 6.04 Å². The number of nitrogens with zero attached hydrogens (tertiary/aromatic N) is 3. The largest absolute Gasteiger partial charge is 0.305 e. The summed E-state index contributed by atoms with van der Waals surface area (Å²) >= 11 is 1.81. The molecule has 2 aromatic rings. The molecule has 0 aliphatic carbocycles. The van der Waals surface area contributed by atoms with Gasteiger partial charge in [0.2, 0.25) is 0 Å². The monoisotopic (exact) mass is 287 g/mol. The number of likely N-dealkylation sites (N-methyl/N-ethyl adjacent to an activating group) is 2. The van der Waals surface area contributed by atoms with Crippen molar-refractivity contribution >= 4 is 11.3 Å². The Labute approximate surface area is 124 Å². The maximum Gasteiger partial charge on any atom is 0.123 e. The topological polar surface area (TPSA) is 19.4 Å². The van der Waals surface area contributed by atoms with Crippen LogP contribution in [-0.2, 0) is 6.54 Å². The quantitative estimate of drug-likeness (QED) is 0.862. The highest BCUT2D eigenvalue weighted by Crippen LogP contribution is 2.26. The molecular weight excluding hydrogens is 266 g/mol. The Morgan fingerprint density at radius 3 is 2.85 bits per heavy atom. The summed E-state index contributed by atoms with van der Waals surface area (Å²) in [5.74, 6) is 0. The van der Waals surface area contributed by atoms with Crippen molar-refractivity contribution in [3.8, 4) is 10.6 Å². The van der Waals surface area contributed by atoms with Gasteiger partial charge in [-0.1, -0.05) is 30.3 Å². The van der Waals surface area contributed by atoms with Crippen LogP contribution in [0.5, 0.6) is 0 Å². The van der Waals surface area contributed by atoms with Crippen LogP contribution in [0.25, 0.3) is 10.6 Å². The number of hydrogen-bond acceptors (Lipinski definition) is 4. The first kappa shape index (κ1) is 13.7. The van der Waals surface area contributed by atoms with E-state index in [1.807, 2.05) is 23.6 Å². The third-order valence-electron chi connectivity index (χ3n) is 3.97. The summed E-state index contributed by atoms with van der Waals surface area (Å²) in [5, 5.41) is 1.12. The number of benzene rings is 1. The van der Waals surface area contributed by atoms with Crippen LogP contribution in [0.2, 0.25) is 0 Å². The standard InChI is InChI=1S/C16H21N3S/c1-18-9-8-14(11-18)19(2)12-15-10-17-16(20-15)13-6-4-3-5-7-13/h3-7,10,14H,8-9,11-12H2,1-2H3/t14-/m0/s1. The fraction of sp³-hybridized carbons (Fsp3) is 0.438. The summed E-state index contributed by atoms with van der Waals surface area (Å²) in [5.41, 5.74) is 1.21. The molecule has 0 N–H and O–H groups in total. The normalized spacial score (nSPS) is 19.9. The fourth-order valence-electron chi connectivity index (χ4n) is 2.74. The van der Waals surface area contributed by atoms with Gasteiger partial charge in [-0.05, 0) is 27.1 Å². The van der Waals surface area contributed by atoms with Gasteiger partial charge < -0.3 is 4.90 Å². The van der Waals surface area contributed by atoms with Gasteiger partial charge in [0.05, 0.1) is 0 Å². The first-order valence-electron chi connectivity index (χ1n) is 7.11. The lowest BCUT2D eigenvalue weighted by Crippen LogP contribution is -2.33. The summed E-state index contributed by atoms with van der Waals surface area (Å²) < 4.78 is 0. The molecule has 1 atom stereocenters. The van der Waals surface area contributed by atoms with E-state index in [1.165, 1.54) is 30.0 Å². The molecule has 0 unspecified atom stereocenters. The lowest BCUT2D eigenvalue weighted by molar-refractivity contribution is 0.236. The minimum atomic E-state index is 0.683. The molecule has 1 aliphatic rings. The second-order valence-corrected chi connectivity index (χ2v) is 6.73. The average Bonchev–Trinajstić information content (AvgIpc) is 3.09. The Hall–Kier alpha value is -1.23. The molecule has 1 aromatic carbocycles. The predicted octanol–water partition coefficient (Wildman–Crippen LogP) is 2.95. The minimum Gasteiger partial charge on any atom is -0.305 e. The molecule has 4 heteroatoms. The van der Waals surface area contributed by atoms with E-state index in [9.17, 15) is 0 Å². The summed E-state index contributed by atoms with van der Waals surface area (Å²) in [6.07, 6.45) is 3.31. The van der Waals surface area contributed by atoms with E-state index in [-0.39, 0.29) is 0 Å². The molecule has 0 spiro atoms. The molecule has 1 saturated heterocycles. The van der Waals surface area contributed by atoms with Crippen LogP contribution >= 0.6 is 11.3 Å². The van der Waals surface area contributed by atoms with Crippen molar-refractivity contribution in [3.05, 3.63) is 41.4 Å². The Morgan fingerprint density at radius 1 is 1.35 bits per heavy atom. The zero-order chi connectivity index (χ0) is 13.9. The van der Waals surface area contributed by atoms with Crippen LogP contribution in [0.3, 0.4) is 0 Å². The van der Waals surface area contributed by atoms with E-state index in [2.05, 4.69) is 53.1 Å². The molecule has 106 valence electrons. The Morgan fingerprint density at radius 2 is 2.15 bits per heavy atom. The summed E-state index contributed by atoms with van der Waals surface area (Å²) in [6.45, 7) is 3.40. The van der Waals surface area contributed by atoms with Gasteiger partial charge in [-0.15, -0.1) is 11.3 Å². The van der Waals surface area contributed by atoms with Crippen molar-refractivity contribution < 1.29 is 0 Å². The zero-order valence-corrected chi connectivity index (χ0v) is 12.9. The smallest absolute Gasteiger partial charge is 0.123 e. The van der Waals surface area contributed by atoms with Crippen molar-refractivity contribution in [2.75, 3.05) is 27.2 Å². The molecule has 20 heavy (non-hydrogen) atoms. The van der Waals surface area contributed by atoms with Gasteiger partial charge in [0.25, 0.3) is 0 Å². The molecule has 1 aliphatic heterocycles. The summed E-state index contributed by atoms with van der Waals surface area (Å²) in [6, 6.07) is 11.1. The lowest BCUT2D eigenvalue weighted by atomic mass is 10.2. The fourth-order valence-corrected chi connectivity index (χ4v) is 3.72. The van der Waals surface area contributed by atoms with E-state index in [1.54, 1.807) is 0 Å². The third kappa shape index (κ3) is 3.08. The average molecular weight is 287 g/mol. The number of hydrogen-bond donors (Lipinski definition) is 0. The molecule has 3 rings (SSSR count). The molecule has 0 radical (unpaired) electrons. The highest BCUT2D eigenvalue weighted by atomic mass is 32.1. The molecule has 1 fully saturated rings. The van der Waals surface area contributed by atoms with Gasteiger partial charge in [0, 0.05) is 35.8 Å². The second-order valence-electron chi connectivity index (χ2n) is 5.62. The molecule has 1 aromatic heterocycles. The SMILES string of the molecule is CN1CC[C@H](N(C)Cc2cnc(-c3ccccc3)s2)C1. The van der Waals surface area contributed by atoms with Gasteiger partial charge in [-0.25, -0.2) is 4.98 Å². The van der Waals surface area contributed by atoms with E-state index in [4.69, 9.17) is 0 Å². The first-order chi connectivity index (χ1) is 9.72. The van der Waals surface area contributed by atoms with Gasteiger partial charge in [-0.2, -0.15) is 0 Å². The zero-order valence-electron chi connectivity index (χ0n) is 12.1. The second kappa shape index (κ2) is 6.04. The molecular formula is C16H21N3S. The number of rotatable bonds is 4. The minimum absolute atomic E-state index is 0.683. The molecule has 3 nitrogen and oxygen atoms in total. The predicted molar refractivity (Wildman–Crippen MR) is 84.9 cm³/mol. The van der Waals surface area contributed by atoms with E-state index < -0.39 is 0 Å². The third-order valence-corrected chi connectivity index (χ3v) is 5.00. The molecule has 0 saturated carbocycles. The maximum absolute atomic E-state index is 4.56. The Balaban J connectivity index is 1.65. The van der Waals surface area contributed by atoms with Crippen LogP contribution in [-0.4, -0.2) is 48.0 Å². The molecule has 0 amide bonds. The van der Waals surface area contributed by atoms with E-state index in [0.717, 1.165) is 11.6 Å². The highest BCUT2D eigenvalue weighted by Gasteiger charge is 2.23. The summed E-state index contributed by atoms with van der Waals surface area (Å²) in [7, 11) is 4.43. The Bertz CT molecular complexity index is 552. The van der Waals surface area contributed by atoms with Crippen molar-refractivity contribution in [2.45, 2.75) is 19.0 Å². The summed E-state index contributed by atoms with van der Waals surface area (Å²) in [4.78, 5) is 10.8. The Kier molecular flexibility index (Phi) is 4.15. The van der Waals surface area contributed by atoms with Gasteiger partial charge in [0.1, 0.15) is 5.01 Å². The van der Waals surface area contributed by atoms with Crippen LogP contribution in [0.4, 0.5) is 0 Å². The van der Waals surface area contributed by atoms with Gasteiger partial charge in [-0.3, -0.25) is 4.90 Å². The molecule has 2 heterocycles. The van der Waals surface area contributed by atoms with Crippen molar-refractivity contribution in [1.29, 1.82) is 0 Å². The number of aromatic nitrogens is 1. The number of likely N-dealkylation sites (tertiary alicyclic amines) is 1. The van der Waals surface area contributed by atoms with Crippen LogP contribution < -0.4 is 0 Å². The van der Waals surface area contributed by atoms with Crippen LogP contribution in [0.1, 0.15) is 11.3 Å². The number of thiazole rings is 1. The van der Waals surface area contributed by atoms with Gasteiger partial charge >= 0.3 is 0 Å². The highest BCUT2D eigenvalue weighted by molar-refractivity contribution is 7.15. The molecule has 0 bridgehead atoms. The van der Waals surface area contributed by atoms with Crippen molar-refractivity contribution in [2.24, 2.45) is 0 Å². The maximum atomic E-state index is 4.56. The van der Waals surface area contributed by atoms with Crippen molar-refractivity contribution in [3.63, 3.8) is 0 Å².